The SMILES string of the molecule is CCCN1C(=O)c2[nH]nc(-c3ccccc3O)c2[C@@H]1c1ccc(O)c(OCC)c1. The van der Waals surface area contributed by atoms with Gasteiger partial charge in [0.05, 0.1) is 12.6 Å². The molecule has 0 radical (unpaired) electrons. The Bertz CT molecular complexity index is 1060. The quantitative estimate of drug-likeness (QED) is 0.591. The second-order valence-corrected chi connectivity index (χ2v) is 6.94. The topological polar surface area (TPSA) is 98.7 Å². The van der Waals surface area contributed by atoms with E-state index in [0.717, 1.165) is 17.5 Å². The minimum Gasteiger partial charge on any atom is -0.507 e. The van der Waals surface area contributed by atoms with Crippen molar-refractivity contribution in [2.45, 2.75) is 26.3 Å². The summed E-state index contributed by atoms with van der Waals surface area (Å²) in [7, 11) is 0. The molecule has 4 rings (SSSR count). The van der Waals surface area contributed by atoms with Crippen molar-refractivity contribution < 1.29 is 19.7 Å². The summed E-state index contributed by atoms with van der Waals surface area (Å²) in [6.45, 7) is 4.84. The van der Waals surface area contributed by atoms with Gasteiger partial charge in [-0.2, -0.15) is 5.10 Å². The highest BCUT2D eigenvalue weighted by Crippen LogP contribution is 2.45. The normalized spacial score (nSPS) is 15.6. The zero-order chi connectivity index (χ0) is 20.5. The molecule has 0 fully saturated rings. The van der Waals surface area contributed by atoms with Gasteiger partial charge < -0.3 is 19.8 Å². The van der Waals surface area contributed by atoms with Crippen molar-refractivity contribution in [1.82, 2.24) is 15.1 Å². The van der Waals surface area contributed by atoms with Crippen molar-refractivity contribution in [2.75, 3.05) is 13.2 Å². The fourth-order valence-electron chi connectivity index (χ4n) is 3.87. The van der Waals surface area contributed by atoms with E-state index in [9.17, 15) is 15.0 Å². The lowest BCUT2D eigenvalue weighted by Gasteiger charge is -2.26. The smallest absolute Gasteiger partial charge is 0.273 e. The second-order valence-electron chi connectivity index (χ2n) is 6.94. The van der Waals surface area contributed by atoms with Gasteiger partial charge in [0.2, 0.25) is 0 Å². The molecule has 7 heteroatoms. The van der Waals surface area contributed by atoms with Crippen LogP contribution in [0.2, 0.25) is 0 Å². The summed E-state index contributed by atoms with van der Waals surface area (Å²) in [4.78, 5) is 14.9. The maximum atomic E-state index is 13.1. The summed E-state index contributed by atoms with van der Waals surface area (Å²) in [5.41, 5.74) is 3.06. The Labute approximate surface area is 168 Å². The van der Waals surface area contributed by atoms with E-state index in [1.807, 2.05) is 19.9 Å². The van der Waals surface area contributed by atoms with Gasteiger partial charge >= 0.3 is 0 Å². The average Bonchev–Trinajstić information content (AvgIpc) is 3.24. The molecule has 2 heterocycles. The van der Waals surface area contributed by atoms with Gasteiger partial charge in [-0.3, -0.25) is 9.89 Å². The third-order valence-corrected chi connectivity index (χ3v) is 5.09. The molecule has 1 aliphatic rings. The van der Waals surface area contributed by atoms with Gasteiger partial charge in [0.15, 0.2) is 11.5 Å². The molecule has 1 amide bonds. The number of benzene rings is 2. The Morgan fingerprint density at radius 1 is 1.14 bits per heavy atom. The molecular weight excluding hydrogens is 370 g/mol. The van der Waals surface area contributed by atoms with Crippen molar-refractivity contribution in [3.8, 4) is 28.5 Å². The number of nitrogens with one attached hydrogen (secondary N) is 1. The number of carbonyl (C=O) groups is 1. The van der Waals surface area contributed by atoms with Crippen LogP contribution in [-0.4, -0.2) is 44.4 Å². The van der Waals surface area contributed by atoms with Gasteiger partial charge in [0.25, 0.3) is 5.91 Å². The second kappa shape index (κ2) is 7.50. The zero-order valence-corrected chi connectivity index (χ0v) is 16.3. The van der Waals surface area contributed by atoms with Crippen LogP contribution in [-0.2, 0) is 0 Å². The van der Waals surface area contributed by atoms with Crippen LogP contribution in [0.15, 0.2) is 42.5 Å². The molecule has 0 aliphatic carbocycles. The van der Waals surface area contributed by atoms with Crippen molar-refractivity contribution in [1.29, 1.82) is 0 Å². The van der Waals surface area contributed by atoms with Gasteiger partial charge in [-0.05, 0) is 43.2 Å². The summed E-state index contributed by atoms with van der Waals surface area (Å²) < 4.78 is 5.55. The van der Waals surface area contributed by atoms with Gasteiger partial charge in [0.1, 0.15) is 17.1 Å². The van der Waals surface area contributed by atoms with Crippen LogP contribution >= 0.6 is 0 Å². The number of nitrogens with zero attached hydrogens (tertiary/aromatic N) is 2. The predicted octanol–water partition coefficient (Wildman–Crippen LogP) is 3.84. The minimum absolute atomic E-state index is 0.0512. The molecule has 7 nitrogen and oxygen atoms in total. The van der Waals surface area contributed by atoms with E-state index in [4.69, 9.17) is 4.74 Å². The maximum Gasteiger partial charge on any atom is 0.273 e. The Morgan fingerprint density at radius 2 is 1.93 bits per heavy atom. The third-order valence-electron chi connectivity index (χ3n) is 5.09. The number of aromatic amines is 1. The molecule has 0 bridgehead atoms. The molecule has 0 saturated carbocycles. The van der Waals surface area contributed by atoms with Crippen LogP contribution in [0.4, 0.5) is 0 Å². The molecule has 1 aromatic heterocycles. The molecule has 3 N–H and O–H groups in total. The monoisotopic (exact) mass is 393 g/mol. The predicted molar refractivity (Wildman–Crippen MR) is 108 cm³/mol. The van der Waals surface area contributed by atoms with Crippen molar-refractivity contribution in [3.63, 3.8) is 0 Å². The molecule has 1 atom stereocenters. The highest BCUT2D eigenvalue weighted by Gasteiger charge is 2.42. The Morgan fingerprint density at radius 3 is 2.66 bits per heavy atom. The zero-order valence-electron chi connectivity index (χ0n) is 16.3. The first-order chi connectivity index (χ1) is 14.1. The van der Waals surface area contributed by atoms with Crippen LogP contribution < -0.4 is 4.74 Å². The molecule has 0 saturated heterocycles. The fraction of sp³-hybridized carbons (Fsp3) is 0.273. The summed E-state index contributed by atoms with van der Waals surface area (Å²) in [5.74, 6) is 0.389. The molecule has 0 spiro atoms. The first kappa shape index (κ1) is 18.9. The van der Waals surface area contributed by atoms with Crippen molar-refractivity contribution >= 4 is 5.91 Å². The van der Waals surface area contributed by atoms with E-state index < -0.39 is 6.04 Å². The largest absolute Gasteiger partial charge is 0.507 e. The van der Waals surface area contributed by atoms with Crippen molar-refractivity contribution in [2.24, 2.45) is 0 Å². The lowest BCUT2D eigenvalue weighted by atomic mass is 9.95. The van der Waals surface area contributed by atoms with Crippen LogP contribution in [0.5, 0.6) is 17.2 Å². The number of carbonyl (C=O) groups excluding carboxylic acids is 1. The van der Waals surface area contributed by atoms with Gasteiger partial charge in [-0.25, -0.2) is 0 Å². The number of ether oxygens (including phenoxy) is 1. The standard InChI is InChI=1S/C22H23N3O4/c1-3-11-25-21(13-9-10-16(27)17(12-13)29-4-2)18-19(23-24-20(18)22(25)28)14-7-5-6-8-15(14)26/h5-10,12,21,26-27H,3-4,11H2,1-2H3,(H,23,24)/t21-/m0/s1. The molecule has 0 unspecified atom stereocenters. The number of fused-ring (bicyclic) bond motifs is 1. The Kier molecular flexibility index (Phi) is 4.88. The van der Waals surface area contributed by atoms with Crippen LogP contribution in [0.1, 0.15) is 47.9 Å². The van der Waals surface area contributed by atoms with E-state index in [1.165, 1.54) is 0 Å². The Balaban J connectivity index is 1.90. The average molecular weight is 393 g/mol. The summed E-state index contributed by atoms with van der Waals surface area (Å²) in [6.07, 6.45) is 0.794. The number of hydrogen-bond donors (Lipinski definition) is 3. The number of aromatic nitrogens is 2. The maximum absolute atomic E-state index is 13.1. The van der Waals surface area contributed by atoms with E-state index in [0.29, 0.717) is 35.9 Å². The number of H-pyrrole nitrogens is 1. The molecular formula is C22H23N3O4. The summed E-state index contributed by atoms with van der Waals surface area (Å²) in [5, 5.41) is 27.7. The van der Waals surface area contributed by atoms with Crippen LogP contribution in [0.3, 0.4) is 0 Å². The molecule has 2 aromatic carbocycles. The number of aromatic hydroxyl groups is 2. The lowest BCUT2D eigenvalue weighted by molar-refractivity contribution is 0.0743. The third kappa shape index (κ3) is 3.08. The van der Waals surface area contributed by atoms with Crippen molar-refractivity contribution in [3.05, 3.63) is 59.3 Å². The number of rotatable bonds is 6. The number of para-hydroxylation sites is 1. The fourth-order valence-corrected chi connectivity index (χ4v) is 3.87. The van der Waals surface area contributed by atoms with E-state index >= 15 is 0 Å². The number of amides is 1. The highest BCUT2D eigenvalue weighted by molar-refractivity contribution is 6.00. The van der Waals surface area contributed by atoms with Crippen LogP contribution in [0.25, 0.3) is 11.3 Å². The molecule has 150 valence electrons. The Hall–Kier alpha value is -3.48. The number of phenols is 2. The summed E-state index contributed by atoms with van der Waals surface area (Å²) >= 11 is 0. The van der Waals surface area contributed by atoms with E-state index in [2.05, 4.69) is 10.2 Å². The summed E-state index contributed by atoms with van der Waals surface area (Å²) in [6, 6.07) is 11.7. The van der Waals surface area contributed by atoms with E-state index in [-0.39, 0.29) is 17.4 Å². The highest BCUT2D eigenvalue weighted by atomic mass is 16.5. The van der Waals surface area contributed by atoms with Gasteiger partial charge in [-0.15, -0.1) is 0 Å². The molecule has 1 aliphatic heterocycles. The molecule has 3 aromatic rings. The first-order valence-electron chi connectivity index (χ1n) is 9.70. The van der Waals surface area contributed by atoms with E-state index in [1.54, 1.807) is 41.3 Å². The van der Waals surface area contributed by atoms with Gasteiger partial charge in [0, 0.05) is 17.7 Å². The number of hydrogen-bond acceptors (Lipinski definition) is 5. The van der Waals surface area contributed by atoms with Crippen LogP contribution in [0, 0.1) is 0 Å². The number of phenolic OH excluding ortho intramolecular Hbond substituents is 2. The van der Waals surface area contributed by atoms with Gasteiger partial charge in [-0.1, -0.05) is 25.1 Å². The molecule has 29 heavy (non-hydrogen) atoms. The lowest BCUT2D eigenvalue weighted by Crippen LogP contribution is -2.30. The first-order valence-corrected chi connectivity index (χ1v) is 9.70. The minimum atomic E-state index is -0.398.